The van der Waals surface area contributed by atoms with Gasteiger partial charge in [-0.2, -0.15) is 0 Å². The van der Waals surface area contributed by atoms with Crippen LogP contribution in [0.3, 0.4) is 0 Å². The van der Waals surface area contributed by atoms with E-state index in [9.17, 15) is 0 Å². The Kier molecular flexibility index (Phi) is 7.64. The third-order valence-corrected chi connectivity index (χ3v) is 7.01. The molecule has 0 saturated carbocycles. The van der Waals surface area contributed by atoms with E-state index in [1.807, 2.05) is 66.9 Å². The quantitative estimate of drug-likeness (QED) is 0.372. The molecule has 0 spiro atoms. The second-order valence-corrected chi connectivity index (χ2v) is 8.95. The molecule has 5 rings (SSSR count). The van der Waals surface area contributed by atoms with Crippen LogP contribution in [0.1, 0.15) is 16.7 Å². The van der Waals surface area contributed by atoms with Crippen LogP contribution in [0.25, 0.3) is 11.1 Å². The van der Waals surface area contributed by atoms with Gasteiger partial charge in [0.2, 0.25) is 5.69 Å². The van der Waals surface area contributed by atoms with Crippen molar-refractivity contribution in [2.75, 3.05) is 42.7 Å². The highest BCUT2D eigenvalue weighted by molar-refractivity contribution is 6.11. The summed E-state index contributed by atoms with van der Waals surface area (Å²) in [5, 5.41) is 1.63. The molecule has 0 atom stereocenters. The highest BCUT2D eigenvalue weighted by atomic mass is 16.5. The van der Waals surface area contributed by atoms with Crippen molar-refractivity contribution < 1.29 is 33.4 Å². The Bertz CT molecular complexity index is 1590. The molecule has 0 saturated heterocycles. The predicted octanol–water partition coefficient (Wildman–Crippen LogP) is 2.98. The second-order valence-electron chi connectivity index (χ2n) is 8.95. The fourth-order valence-electron chi connectivity index (χ4n) is 5.19. The molecule has 4 aromatic carbocycles. The molecule has 7 heteroatoms. The number of hydrogen-bond donors (Lipinski definition) is 1. The zero-order valence-electron chi connectivity index (χ0n) is 23.5. The van der Waals surface area contributed by atoms with Crippen molar-refractivity contribution in [3.8, 4) is 34.5 Å². The summed E-state index contributed by atoms with van der Waals surface area (Å²) in [6, 6.07) is 23.5. The van der Waals surface area contributed by atoms with Crippen LogP contribution in [0.4, 0.5) is 5.69 Å². The third-order valence-electron chi connectivity index (χ3n) is 7.01. The topological polar surface area (TPSA) is 69.4 Å². The monoisotopic (exact) mass is 538 g/mol. The SMILES string of the molecule is COc1cccc(OC)c1C(c1c(OC)cccc1OC)=c1c(OC)cc(=C2C=[NH+]c3ccccc32)cc1OC. The van der Waals surface area contributed by atoms with Gasteiger partial charge in [0.05, 0.1) is 70.1 Å². The number of methoxy groups -OCH3 is 6. The Hall–Kier alpha value is -4.91. The summed E-state index contributed by atoms with van der Waals surface area (Å²) in [6.07, 6.45) is 2.00. The van der Waals surface area contributed by atoms with Gasteiger partial charge in [-0.3, -0.25) is 0 Å². The molecule has 1 heterocycles. The first-order valence-electron chi connectivity index (χ1n) is 12.7. The Morgan fingerprint density at radius 3 is 1.43 bits per heavy atom. The van der Waals surface area contributed by atoms with Gasteiger partial charge in [0, 0.05) is 11.6 Å². The van der Waals surface area contributed by atoms with Gasteiger partial charge in [-0.05, 0) is 47.7 Å². The maximum Gasteiger partial charge on any atom is 0.211 e. The van der Waals surface area contributed by atoms with Crippen molar-refractivity contribution in [1.82, 2.24) is 0 Å². The lowest BCUT2D eigenvalue weighted by Crippen LogP contribution is -2.59. The predicted molar refractivity (Wildman–Crippen MR) is 155 cm³/mol. The Morgan fingerprint density at radius 2 is 0.975 bits per heavy atom. The summed E-state index contributed by atoms with van der Waals surface area (Å²) in [5.74, 6) is 3.60. The zero-order valence-corrected chi connectivity index (χ0v) is 23.5. The van der Waals surface area contributed by atoms with Crippen LogP contribution >= 0.6 is 0 Å². The molecule has 0 bridgehead atoms. The van der Waals surface area contributed by atoms with Gasteiger partial charge in [-0.25, -0.2) is 4.99 Å². The number of fused-ring (bicyclic) bond motifs is 1. The van der Waals surface area contributed by atoms with Crippen molar-refractivity contribution in [3.63, 3.8) is 0 Å². The van der Waals surface area contributed by atoms with Crippen LogP contribution in [0.2, 0.25) is 0 Å². The van der Waals surface area contributed by atoms with Crippen molar-refractivity contribution in [2.45, 2.75) is 0 Å². The lowest BCUT2D eigenvalue weighted by Gasteiger charge is -2.22. The van der Waals surface area contributed by atoms with E-state index in [0.717, 1.165) is 22.0 Å². The van der Waals surface area contributed by atoms with E-state index < -0.39 is 0 Å². The van der Waals surface area contributed by atoms with Gasteiger partial charge in [-0.15, -0.1) is 0 Å². The fourth-order valence-corrected chi connectivity index (χ4v) is 5.19. The van der Waals surface area contributed by atoms with Crippen molar-refractivity contribution >= 4 is 23.0 Å². The summed E-state index contributed by atoms with van der Waals surface area (Å²) in [7, 11) is 9.81. The highest BCUT2D eigenvalue weighted by Gasteiger charge is 2.27. The first kappa shape index (κ1) is 26.7. The van der Waals surface area contributed by atoms with Gasteiger partial charge in [0.15, 0.2) is 6.21 Å². The maximum atomic E-state index is 6.08. The van der Waals surface area contributed by atoms with Crippen LogP contribution in [0, 0.1) is 0 Å². The van der Waals surface area contributed by atoms with Crippen LogP contribution in [-0.2, 0) is 0 Å². The number of hydrogen-bond acceptors (Lipinski definition) is 6. The zero-order chi connectivity index (χ0) is 28.2. The average molecular weight is 539 g/mol. The summed E-state index contributed by atoms with van der Waals surface area (Å²) < 4.78 is 35.6. The Morgan fingerprint density at radius 1 is 0.525 bits per heavy atom. The summed E-state index contributed by atoms with van der Waals surface area (Å²) in [5.41, 5.74) is 5.29. The first-order valence-corrected chi connectivity index (χ1v) is 12.7. The smallest absolute Gasteiger partial charge is 0.211 e. The minimum absolute atomic E-state index is 0.593. The van der Waals surface area contributed by atoms with Crippen molar-refractivity contribution in [3.05, 3.63) is 99.9 Å². The van der Waals surface area contributed by atoms with Crippen LogP contribution in [-0.4, -0.2) is 48.9 Å². The standard InChI is InChI=1S/C33H31NO6/c1-35-24-13-9-14-25(36-2)30(24)33(31-26(37-3)15-10-16-27(31)38-4)32-28(39-5)17-20(18-29(32)40-6)22-19-34-23-12-8-7-11-21(22)23/h7-19H,1-6H3/p+1. The average Bonchev–Trinajstić information content (AvgIpc) is 3.45. The molecule has 1 aliphatic rings. The molecular formula is C33H32NO6+. The van der Waals surface area contributed by atoms with Crippen molar-refractivity contribution in [1.29, 1.82) is 0 Å². The molecule has 0 unspecified atom stereocenters. The minimum atomic E-state index is 0.593. The minimum Gasteiger partial charge on any atom is -0.496 e. The molecule has 40 heavy (non-hydrogen) atoms. The van der Waals surface area contributed by atoms with E-state index in [1.54, 1.807) is 42.7 Å². The lowest BCUT2D eigenvalue weighted by atomic mass is 9.91. The molecule has 0 aliphatic carbocycles. The molecule has 1 N–H and O–H groups in total. The van der Waals surface area contributed by atoms with E-state index in [4.69, 9.17) is 28.4 Å². The number of para-hydroxylation sites is 1. The number of nitrogens with one attached hydrogen (secondary N) is 1. The van der Waals surface area contributed by atoms with Crippen LogP contribution in [0.15, 0.2) is 72.8 Å². The largest absolute Gasteiger partial charge is 0.496 e. The molecule has 7 nitrogen and oxygen atoms in total. The second kappa shape index (κ2) is 11.5. The molecule has 0 fully saturated rings. The number of rotatable bonds is 8. The van der Waals surface area contributed by atoms with E-state index >= 15 is 0 Å². The van der Waals surface area contributed by atoms with Crippen molar-refractivity contribution in [2.24, 2.45) is 0 Å². The molecule has 0 amide bonds. The van der Waals surface area contributed by atoms with Gasteiger partial charge < -0.3 is 28.4 Å². The molecule has 0 radical (unpaired) electrons. The van der Waals surface area contributed by atoms with Gasteiger partial charge >= 0.3 is 0 Å². The molecule has 0 aromatic heterocycles. The van der Waals surface area contributed by atoms with E-state index in [2.05, 4.69) is 17.1 Å². The summed E-state index contributed by atoms with van der Waals surface area (Å²) in [6.45, 7) is 0. The Balaban J connectivity index is 2.03. The Labute approximate surface area is 233 Å². The van der Waals surface area contributed by atoms with Gasteiger partial charge in [-0.1, -0.05) is 24.3 Å². The fraction of sp³-hybridized carbons (Fsp3) is 0.182. The number of ether oxygens (including phenoxy) is 6. The molecule has 4 aromatic rings. The molecular weight excluding hydrogens is 506 g/mol. The van der Waals surface area contributed by atoms with E-state index in [-0.39, 0.29) is 0 Å². The first-order chi connectivity index (χ1) is 19.6. The molecule has 1 aliphatic heterocycles. The molecule has 204 valence electrons. The lowest BCUT2D eigenvalue weighted by molar-refractivity contribution is -0.342. The number of benzene rings is 4. The normalized spacial score (nSPS) is 11.6. The summed E-state index contributed by atoms with van der Waals surface area (Å²) in [4.78, 5) is 3.36. The van der Waals surface area contributed by atoms with E-state index in [1.165, 1.54) is 0 Å². The third kappa shape index (κ3) is 4.49. The highest BCUT2D eigenvalue weighted by Crippen LogP contribution is 2.44. The van der Waals surface area contributed by atoms with Crippen LogP contribution < -0.4 is 43.9 Å². The maximum absolute atomic E-state index is 6.08. The van der Waals surface area contributed by atoms with Crippen LogP contribution in [0.5, 0.6) is 34.5 Å². The van der Waals surface area contributed by atoms with E-state index in [0.29, 0.717) is 56.4 Å². The summed E-state index contributed by atoms with van der Waals surface area (Å²) >= 11 is 0. The van der Waals surface area contributed by atoms with Gasteiger partial charge in [0.1, 0.15) is 34.5 Å². The van der Waals surface area contributed by atoms with Gasteiger partial charge in [0.25, 0.3) is 0 Å².